The molecule has 1 saturated heterocycles. The number of alkyl carbamates (subject to hydrolysis) is 1. The number of nitrogens with zero attached hydrogens (tertiary/aromatic N) is 3. The van der Waals surface area contributed by atoms with Crippen LogP contribution in [0.3, 0.4) is 0 Å². The zero-order chi connectivity index (χ0) is 39.8. The highest BCUT2D eigenvalue weighted by molar-refractivity contribution is 5.99. The minimum Gasteiger partial charge on any atom is -0.503 e. The van der Waals surface area contributed by atoms with Gasteiger partial charge in [-0.05, 0) is 83.9 Å². The normalized spacial score (nSPS) is 15.6. The summed E-state index contributed by atoms with van der Waals surface area (Å²) < 4.78 is 11.2. The summed E-state index contributed by atoms with van der Waals surface area (Å²) in [7, 11) is 0. The molecule has 3 aromatic rings. The fourth-order valence-corrected chi connectivity index (χ4v) is 5.71. The summed E-state index contributed by atoms with van der Waals surface area (Å²) in [6.45, 7) is 12.5. The summed E-state index contributed by atoms with van der Waals surface area (Å²) in [6, 6.07) is 20.1. The first-order chi connectivity index (χ1) is 25.3. The molecule has 1 aliphatic rings. The Hall–Kier alpha value is -5.15. The van der Waals surface area contributed by atoms with E-state index < -0.39 is 53.1 Å². The van der Waals surface area contributed by atoms with Crippen LogP contribution in [0, 0.1) is 0 Å². The Morgan fingerprint density at radius 2 is 1.54 bits per heavy atom. The fraction of sp³-hybridized carbons (Fsp3) is 0.425. The van der Waals surface area contributed by atoms with Gasteiger partial charge in [0.1, 0.15) is 30.2 Å². The molecule has 1 heterocycles. The number of ether oxygens (including phenoxy) is 2. The second-order valence-electron chi connectivity index (χ2n) is 15.0. The lowest BCUT2D eigenvalue weighted by atomic mass is 9.96. The second-order valence-corrected chi connectivity index (χ2v) is 15.0. The number of para-hydroxylation sites is 1. The van der Waals surface area contributed by atoms with Crippen molar-refractivity contribution < 1.29 is 49.2 Å². The van der Waals surface area contributed by atoms with Crippen molar-refractivity contribution in [3.8, 4) is 5.75 Å². The molecule has 5 N–H and O–H groups in total. The van der Waals surface area contributed by atoms with E-state index in [9.17, 15) is 34.9 Å². The number of aliphatic hydroxyl groups is 3. The molecule has 0 spiro atoms. The van der Waals surface area contributed by atoms with Gasteiger partial charge in [0.05, 0.1) is 22.9 Å². The van der Waals surface area contributed by atoms with Gasteiger partial charge in [-0.25, -0.2) is 9.63 Å². The molecule has 0 saturated carbocycles. The molecule has 0 aromatic heterocycles. The maximum atomic E-state index is 13.6. The topological polar surface area (TPSA) is 182 Å². The lowest BCUT2D eigenvalue weighted by molar-refractivity contribution is -0.338. The van der Waals surface area contributed by atoms with Crippen molar-refractivity contribution >= 4 is 23.6 Å². The third kappa shape index (κ3) is 11.7. The first-order valence-corrected chi connectivity index (χ1v) is 17.8. The summed E-state index contributed by atoms with van der Waals surface area (Å²) in [5.41, 5.74) is 0.246. The van der Waals surface area contributed by atoms with Crippen LogP contribution >= 0.6 is 0 Å². The van der Waals surface area contributed by atoms with Crippen molar-refractivity contribution in [2.75, 3.05) is 31.1 Å². The maximum Gasteiger partial charge on any atom is 0.407 e. The number of anilines is 1. The molecule has 0 unspecified atom stereocenters. The molecular formula is C40H52N4O10. The summed E-state index contributed by atoms with van der Waals surface area (Å²) in [4.78, 5) is 48.0. The van der Waals surface area contributed by atoms with E-state index in [2.05, 4.69) is 5.32 Å². The number of carbonyl (C=O) groups is 3. The van der Waals surface area contributed by atoms with Crippen molar-refractivity contribution in [3.05, 3.63) is 107 Å². The van der Waals surface area contributed by atoms with E-state index in [1.54, 1.807) is 89.8 Å². The first-order valence-electron chi connectivity index (χ1n) is 17.8. The highest BCUT2D eigenvalue weighted by Crippen LogP contribution is 2.34. The number of benzene rings is 3. The van der Waals surface area contributed by atoms with Gasteiger partial charge < -0.3 is 39.9 Å². The fourth-order valence-electron chi connectivity index (χ4n) is 5.71. The Morgan fingerprint density at radius 3 is 2.17 bits per heavy atom. The van der Waals surface area contributed by atoms with Crippen LogP contribution in [-0.2, 0) is 21.0 Å². The molecule has 0 radical (unpaired) electrons. The predicted molar refractivity (Wildman–Crippen MR) is 201 cm³/mol. The van der Waals surface area contributed by atoms with Gasteiger partial charge in [-0.3, -0.25) is 14.8 Å². The minimum absolute atomic E-state index is 0.00314. The SMILES string of the molecule is C[C@H](NC(=O)OC(C)(C)C)[C@@H](O)c1cccc(C(=O)N(O)OC(C)(C)C)c1N1CCN(C(=O)/C(O)=C/[C@H](O)c2cccc(OCc3ccccc3)c2)CC1. The Kier molecular flexibility index (Phi) is 13.7. The highest BCUT2D eigenvalue weighted by atomic mass is 16.9. The Labute approximate surface area is 316 Å². The van der Waals surface area contributed by atoms with Gasteiger partial charge in [0.2, 0.25) is 0 Å². The van der Waals surface area contributed by atoms with Crippen LogP contribution in [0.4, 0.5) is 10.5 Å². The van der Waals surface area contributed by atoms with Crippen LogP contribution in [-0.4, -0.2) is 92.0 Å². The Bertz CT molecular complexity index is 1780. The summed E-state index contributed by atoms with van der Waals surface area (Å²) >= 11 is 0. The van der Waals surface area contributed by atoms with E-state index in [0.29, 0.717) is 17.9 Å². The zero-order valence-electron chi connectivity index (χ0n) is 31.9. The van der Waals surface area contributed by atoms with Gasteiger partial charge in [0.25, 0.3) is 5.91 Å². The molecule has 3 amide bonds. The molecule has 14 nitrogen and oxygen atoms in total. The van der Waals surface area contributed by atoms with Crippen molar-refractivity contribution in [2.45, 2.75) is 84.5 Å². The van der Waals surface area contributed by atoms with Crippen LogP contribution in [0.25, 0.3) is 0 Å². The van der Waals surface area contributed by atoms with Crippen molar-refractivity contribution in [3.63, 3.8) is 0 Å². The monoisotopic (exact) mass is 748 g/mol. The van der Waals surface area contributed by atoms with E-state index in [1.807, 2.05) is 30.3 Å². The molecule has 1 aliphatic heterocycles. The summed E-state index contributed by atoms with van der Waals surface area (Å²) in [5.74, 6) is -1.73. The quantitative estimate of drug-likeness (QED) is 0.0674. The van der Waals surface area contributed by atoms with Gasteiger partial charge in [0.15, 0.2) is 5.76 Å². The number of piperazine rings is 1. The van der Waals surface area contributed by atoms with Gasteiger partial charge in [-0.2, -0.15) is 0 Å². The summed E-state index contributed by atoms with van der Waals surface area (Å²) in [6.07, 6.45) is -2.30. The second kappa shape index (κ2) is 17.8. The van der Waals surface area contributed by atoms with Gasteiger partial charge in [-0.15, -0.1) is 0 Å². The van der Waals surface area contributed by atoms with Crippen LogP contribution in [0.2, 0.25) is 0 Å². The molecule has 1 fully saturated rings. The third-order valence-corrected chi connectivity index (χ3v) is 8.23. The molecular weight excluding hydrogens is 696 g/mol. The number of carbonyl (C=O) groups excluding carboxylic acids is 3. The molecule has 3 aromatic carbocycles. The number of hydrogen-bond acceptors (Lipinski definition) is 11. The number of hydrogen-bond donors (Lipinski definition) is 5. The molecule has 54 heavy (non-hydrogen) atoms. The smallest absolute Gasteiger partial charge is 0.407 e. The standard InChI is InChI=1S/C40H52N4O10/c1-26(41-38(50)53-39(2,3)4)35(47)30-17-12-18-31(36(48)44(51)54-40(5,6)7)34(30)42-19-21-43(22-20-42)37(49)33(46)24-32(45)28-15-11-16-29(23-28)52-25-27-13-9-8-10-14-27/h8-18,23-24,26,32,35,45-47,51H,19-22,25H2,1-7H3,(H,41,50)/b33-24-/t26-,32-,35+/m0/s1. The van der Waals surface area contributed by atoms with Crippen molar-refractivity contribution in [2.24, 2.45) is 0 Å². The molecule has 0 bridgehead atoms. The maximum absolute atomic E-state index is 13.6. The van der Waals surface area contributed by atoms with E-state index in [0.717, 1.165) is 11.6 Å². The largest absolute Gasteiger partial charge is 0.503 e. The molecule has 14 heteroatoms. The van der Waals surface area contributed by atoms with Crippen LogP contribution < -0.4 is 15.0 Å². The van der Waals surface area contributed by atoms with Crippen molar-refractivity contribution in [1.29, 1.82) is 0 Å². The Morgan fingerprint density at radius 1 is 0.889 bits per heavy atom. The van der Waals surface area contributed by atoms with Crippen LogP contribution in [0.5, 0.6) is 5.75 Å². The van der Waals surface area contributed by atoms with Crippen LogP contribution in [0.15, 0.2) is 84.6 Å². The average molecular weight is 749 g/mol. The van der Waals surface area contributed by atoms with E-state index in [4.69, 9.17) is 14.3 Å². The number of hydroxylamine groups is 2. The minimum atomic E-state index is -1.33. The van der Waals surface area contributed by atoms with Gasteiger partial charge in [0, 0.05) is 31.7 Å². The molecule has 0 aliphatic carbocycles. The first kappa shape index (κ1) is 41.6. The van der Waals surface area contributed by atoms with Crippen molar-refractivity contribution in [1.82, 2.24) is 15.4 Å². The lowest BCUT2D eigenvalue weighted by Crippen LogP contribution is -2.50. The zero-order valence-corrected chi connectivity index (χ0v) is 31.9. The number of rotatable bonds is 12. The predicted octanol–water partition coefficient (Wildman–Crippen LogP) is 5.60. The van der Waals surface area contributed by atoms with E-state index in [-0.39, 0.29) is 48.2 Å². The lowest BCUT2D eigenvalue weighted by Gasteiger charge is -2.39. The Balaban J connectivity index is 1.51. The number of aliphatic hydroxyl groups excluding tert-OH is 3. The molecule has 4 rings (SSSR count). The number of amides is 3. The van der Waals surface area contributed by atoms with Gasteiger partial charge in [-0.1, -0.05) is 59.8 Å². The number of nitrogens with one attached hydrogen (secondary N) is 1. The van der Waals surface area contributed by atoms with E-state index in [1.165, 1.54) is 11.0 Å². The van der Waals surface area contributed by atoms with E-state index >= 15 is 0 Å². The molecule has 3 atom stereocenters. The molecule has 292 valence electrons. The average Bonchev–Trinajstić information content (AvgIpc) is 3.11. The summed E-state index contributed by atoms with van der Waals surface area (Å²) in [5, 5.41) is 46.6. The van der Waals surface area contributed by atoms with Gasteiger partial charge >= 0.3 is 12.0 Å². The highest BCUT2D eigenvalue weighted by Gasteiger charge is 2.33. The third-order valence-electron chi connectivity index (χ3n) is 8.23. The van der Waals surface area contributed by atoms with Crippen LogP contribution in [0.1, 0.15) is 87.7 Å².